The molecule has 3 heterocycles. The summed E-state index contributed by atoms with van der Waals surface area (Å²) >= 11 is 1.69. The van der Waals surface area contributed by atoms with Crippen molar-refractivity contribution < 1.29 is 9.84 Å². The fourth-order valence-electron chi connectivity index (χ4n) is 3.46. The van der Waals surface area contributed by atoms with E-state index in [9.17, 15) is 5.11 Å². The maximum atomic E-state index is 9.33. The fourth-order valence-corrected chi connectivity index (χ4v) is 4.27. The number of ether oxygens (including phenoxy) is 1. The average Bonchev–Trinajstić information content (AvgIpc) is 2.60. The van der Waals surface area contributed by atoms with Crippen molar-refractivity contribution in [3.05, 3.63) is 48.5 Å². The summed E-state index contributed by atoms with van der Waals surface area (Å²) in [6.45, 7) is 3.56. The molecule has 0 aliphatic carbocycles. The van der Waals surface area contributed by atoms with E-state index < -0.39 is 0 Å². The number of phenolic OH excluding ortho intramolecular Hbond substituents is 1. The molecule has 24 heavy (non-hydrogen) atoms. The molecule has 1 unspecified atom stereocenters. The monoisotopic (exact) mass is 363 g/mol. The smallest absolute Gasteiger partial charge is 0.119 e. The van der Waals surface area contributed by atoms with Gasteiger partial charge >= 0.3 is 0 Å². The first-order chi connectivity index (χ1) is 11.3. The van der Waals surface area contributed by atoms with Crippen LogP contribution in [0.15, 0.2) is 58.3 Å². The molecule has 3 aliphatic heterocycles. The number of nitrogens with zero attached hydrogens (tertiary/aromatic N) is 1. The standard InChI is InChI=1S/C19H21NO2S.ClH/c21-15-1-5-17(6-2-15)23-18-7-3-16(4-8-18)22-19-13-20-11-9-14(19)10-12-20;/h1-8,14,19,21H,9-13H2;1H. The van der Waals surface area contributed by atoms with Crippen LogP contribution in [0.3, 0.4) is 0 Å². The van der Waals surface area contributed by atoms with Gasteiger partial charge in [-0.1, -0.05) is 11.8 Å². The number of hydrogen-bond acceptors (Lipinski definition) is 4. The molecule has 3 nitrogen and oxygen atoms in total. The van der Waals surface area contributed by atoms with Crippen molar-refractivity contribution in [1.29, 1.82) is 0 Å². The van der Waals surface area contributed by atoms with Gasteiger partial charge in [-0.2, -0.15) is 0 Å². The first-order valence-corrected chi connectivity index (χ1v) is 9.04. The molecule has 0 spiro atoms. The number of fused-ring (bicyclic) bond motifs is 3. The van der Waals surface area contributed by atoms with Gasteiger partial charge in [-0.15, -0.1) is 12.4 Å². The van der Waals surface area contributed by atoms with Gasteiger partial charge in [0, 0.05) is 16.3 Å². The van der Waals surface area contributed by atoms with E-state index in [0.717, 1.165) is 23.1 Å². The lowest BCUT2D eigenvalue weighted by atomic mass is 9.86. The van der Waals surface area contributed by atoms with E-state index in [-0.39, 0.29) is 12.4 Å². The second-order valence-corrected chi connectivity index (χ2v) is 7.51. The lowest BCUT2D eigenvalue weighted by Crippen LogP contribution is -2.52. The van der Waals surface area contributed by atoms with Crippen LogP contribution in [0.1, 0.15) is 12.8 Å². The molecule has 5 heteroatoms. The van der Waals surface area contributed by atoms with Gasteiger partial charge in [0.15, 0.2) is 0 Å². The molecule has 3 aliphatic rings. The van der Waals surface area contributed by atoms with Gasteiger partial charge in [-0.05, 0) is 80.4 Å². The van der Waals surface area contributed by atoms with Gasteiger partial charge in [-0.25, -0.2) is 0 Å². The van der Waals surface area contributed by atoms with Crippen LogP contribution in [0.2, 0.25) is 0 Å². The van der Waals surface area contributed by atoms with Crippen molar-refractivity contribution in [2.24, 2.45) is 5.92 Å². The van der Waals surface area contributed by atoms with E-state index >= 15 is 0 Å². The van der Waals surface area contributed by atoms with E-state index in [0.29, 0.717) is 11.9 Å². The SMILES string of the molecule is Cl.Oc1ccc(Sc2ccc(OC3CN4CCC3CC4)cc2)cc1. The Labute approximate surface area is 153 Å². The highest BCUT2D eigenvalue weighted by molar-refractivity contribution is 7.99. The molecule has 5 rings (SSSR count). The van der Waals surface area contributed by atoms with Crippen LogP contribution >= 0.6 is 24.2 Å². The summed E-state index contributed by atoms with van der Waals surface area (Å²) in [5, 5.41) is 9.33. The van der Waals surface area contributed by atoms with Crippen molar-refractivity contribution in [1.82, 2.24) is 4.90 Å². The first kappa shape index (κ1) is 17.5. The summed E-state index contributed by atoms with van der Waals surface area (Å²) in [6.07, 6.45) is 2.91. The molecular weight excluding hydrogens is 342 g/mol. The van der Waals surface area contributed by atoms with Crippen molar-refractivity contribution in [3.63, 3.8) is 0 Å². The molecule has 3 saturated heterocycles. The summed E-state index contributed by atoms with van der Waals surface area (Å²) in [4.78, 5) is 4.81. The molecular formula is C19H22ClNO2S. The Morgan fingerprint density at radius 3 is 2.04 bits per heavy atom. The molecule has 0 amide bonds. The summed E-state index contributed by atoms with van der Waals surface area (Å²) in [6, 6.07) is 15.6. The van der Waals surface area contributed by atoms with E-state index in [1.165, 1.54) is 30.8 Å². The van der Waals surface area contributed by atoms with Gasteiger partial charge in [0.1, 0.15) is 17.6 Å². The second kappa shape index (κ2) is 7.68. The normalized spacial score (nSPS) is 25.1. The molecule has 0 saturated carbocycles. The van der Waals surface area contributed by atoms with E-state index in [1.54, 1.807) is 23.9 Å². The molecule has 128 valence electrons. The van der Waals surface area contributed by atoms with Crippen LogP contribution in [0.25, 0.3) is 0 Å². The highest BCUT2D eigenvalue weighted by atomic mass is 35.5. The number of hydrogen-bond donors (Lipinski definition) is 1. The van der Waals surface area contributed by atoms with E-state index in [2.05, 4.69) is 29.2 Å². The van der Waals surface area contributed by atoms with Crippen molar-refractivity contribution in [2.75, 3.05) is 19.6 Å². The molecule has 0 aromatic heterocycles. The summed E-state index contributed by atoms with van der Waals surface area (Å²) in [7, 11) is 0. The Hall–Kier alpha value is -1.36. The predicted molar refractivity (Wildman–Crippen MR) is 99.5 cm³/mol. The summed E-state index contributed by atoms with van der Waals surface area (Å²) in [5.74, 6) is 2.00. The molecule has 2 bridgehead atoms. The number of halogens is 1. The van der Waals surface area contributed by atoms with Crippen LogP contribution in [-0.2, 0) is 0 Å². The van der Waals surface area contributed by atoms with Crippen LogP contribution in [-0.4, -0.2) is 35.7 Å². The summed E-state index contributed by atoms with van der Waals surface area (Å²) in [5.41, 5.74) is 0. The Morgan fingerprint density at radius 1 is 0.917 bits per heavy atom. The number of aromatic hydroxyl groups is 1. The van der Waals surface area contributed by atoms with Gasteiger partial charge in [-0.3, -0.25) is 4.90 Å². The zero-order valence-electron chi connectivity index (χ0n) is 13.4. The van der Waals surface area contributed by atoms with Crippen LogP contribution in [0.5, 0.6) is 11.5 Å². The number of piperidine rings is 3. The molecule has 3 fully saturated rings. The Kier molecular flexibility index (Phi) is 5.59. The second-order valence-electron chi connectivity index (χ2n) is 6.36. The quantitative estimate of drug-likeness (QED) is 0.870. The average molecular weight is 364 g/mol. The molecule has 0 radical (unpaired) electrons. The molecule has 1 N–H and O–H groups in total. The Balaban J connectivity index is 0.00000169. The van der Waals surface area contributed by atoms with Crippen LogP contribution in [0.4, 0.5) is 0 Å². The molecule has 2 aromatic rings. The van der Waals surface area contributed by atoms with Crippen molar-refractivity contribution >= 4 is 24.2 Å². The van der Waals surface area contributed by atoms with Gasteiger partial charge in [0.25, 0.3) is 0 Å². The van der Waals surface area contributed by atoms with E-state index in [1.807, 2.05) is 12.1 Å². The van der Waals surface area contributed by atoms with Crippen molar-refractivity contribution in [2.45, 2.75) is 28.7 Å². The highest BCUT2D eigenvalue weighted by Crippen LogP contribution is 2.33. The minimum absolute atomic E-state index is 0. The van der Waals surface area contributed by atoms with Gasteiger partial charge in [0.05, 0.1) is 0 Å². The fraction of sp³-hybridized carbons (Fsp3) is 0.368. The molecule has 2 aromatic carbocycles. The number of phenols is 1. The third-order valence-corrected chi connectivity index (χ3v) is 5.80. The first-order valence-electron chi connectivity index (χ1n) is 8.22. The van der Waals surface area contributed by atoms with E-state index in [4.69, 9.17) is 4.74 Å². The third-order valence-electron chi connectivity index (χ3n) is 4.78. The van der Waals surface area contributed by atoms with Crippen molar-refractivity contribution in [3.8, 4) is 11.5 Å². The van der Waals surface area contributed by atoms with Gasteiger partial charge < -0.3 is 9.84 Å². The topological polar surface area (TPSA) is 32.7 Å². The maximum absolute atomic E-state index is 9.33. The zero-order valence-corrected chi connectivity index (χ0v) is 15.1. The molecule has 1 atom stereocenters. The number of rotatable bonds is 4. The largest absolute Gasteiger partial charge is 0.508 e. The zero-order chi connectivity index (χ0) is 15.6. The van der Waals surface area contributed by atoms with Gasteiger partial charge in [0.2, 0.25) is 0 Å². The van der Waals surface area contributed by atoms with Crippen LogP contribution in [0, 0.1) is 5.92 Å². The summed E-state index contributed by atoms with van der Waals surface area (Å²) < 4.78 is 6.23. The Morgan fingerprint density at radius 2 is 1.50 bits per heavy atom. The predicted octanol–water partition coefficient (Wildman–Crippen LogP) is 4.44. The minimum Gasteiger partial charge on any atom is -0.508 e. The maximum Gasteiger partial charge on any atom is 0.119 e. The van der Waals surface area contributed by atoms with Crippen LogP contribution < -0.4 is 4.74 Å². The number of benzene rings is 2. The lowest BCUT2D eigenvalue weighted by molar-refractivity contribution is -0.00778. The third kappa shape index (κ3) is 4.00. The Bertz CT molecular complexity index is 654. The lowest BCUT2D eigenvalue weighted by Gasteiger charge is -2.44. The highest BCUT2D eigenvalue weighted by Gasteiger charge is 2.35. The minimum atomic E-state index is 0.